The number of halogens is 1. The van der Waals surface area contributed by atoms with Gasteiger partial charge in [0.2, 0.25) is 0 Å². The van der Waals surface area contributed by atoms with Crippen LogP contribution in [0, 0.1) is 0 Å². The SMILES string of the molecule is CN=C(NCc1ccc(-n2ccnc2)nc1)NCC1(c2ccccc2)CC1.I. The van der Waals surface area contributed by atoms with E-state index >= 15 is 0 Å². The first-order valence-electron chi connectivity index (χ1n) is 9.22. The number of hydrogen-bond donors (Lipinski definition) is 2. The van der Waals surface area contributed by atoms with Gasteiger partial charge in [0, 0.05) is 44.1 Å². The van der Waals surface area contributed by atoms with Crippen LogP contribution >= 0.6 is 24.0 Å². The van der Waals surface area contributed by atoms with E-state index in [2.05, 4.69) is 62.0 Å². The lowest BCUT2D eigenvalue weighted by atomic mass is 9.96. The van der Waals surface area contributed by atoms with Gasteiger partial charge >= 0.3 is 0 Å². The van der Waals surface area contributed by atoms with Gasteiger partial charge in [0.1, 0.15) is 12.1 Å². The van der Waals surface area contributed by atoms with Crippen molar-refractivity contribution in [1.82, 2.24) is 25.2 Å². The molecule has 0 bridgehead atoms. The fraction of sp³-hybridized carbons (Fsp3) is 0.286. The number of benzene rings is 1. The molecule has 0 amide bonds. The van der Waals surface area contributed by atoms with Crippen LogP contribution in [-0.4, -0.2) is 34.1 Å². The highest BCUT2D eigenvalue weighted by Gasteiger charge is 2.43. The number of hydrogen-bond acceptors (Lipinski definition) is 3. The number of aliphatic imine (C=N–C) groups is 1. The van der Waals surface area contributed by atoms with Crippen molar-refractivity contribution >= 4 is 29.9 Å². The quantitative estimate of drug-likeness (QED) is 0.318. The molecule has 0 spiro atoms. The molecule has 2 heterocycles. The smallest absolute Gasteiger partial charge is 0.191 e. The number of guanidine groups is 1. The number of imidazole rings is 1. The maximum atomic E-state index is 4.48. The third-order valence-corrected chi connectivity index (χ3v) is 5.10. The van der Waals surface area contributed by atoms with Crippen molar-refractivity contribution < 1.29 is 0 Å². The Morgan fingerprint density at radius 3 is 2.57 bits per heavy atom. The predicted octanol–water partition coefficient (Wildman–Crippen LogP) is 3.28. The van der Waals surface area contributed by atoms with Crippen LogP contribution in [0.1, 0.15) is 24.0 Å². The highest BCUT2D eigenvalue weighted by molar-refractivity contribution is 14.0. The molecule has 1 aliphatic carbocycles. The van der Waals surface area contributed by atoms with Crippen LogP contribution in [0.2, 0.25) is 0 Å². The molecule has 6 nitrogen and oxygen atoms in total. The lowest BCUT2D eigenvalue weighted by Crippen LogP contribution is -2.40. The Kier molecular flexibility index (Phi) is 6.66. The standard InChI is InChI=1S/C21H24N6.HI/c1-22-20(26-15-21(9-10-21)18-5-3-2-4-6-18)25-14-17-7-8-19(24-13-17)27-12-11-23-16-27;/h2-8,11-13,16H,9-10,14-15H2,1H3,(H2,22,25,26);1H. The van der Waals surface area contributed by atoms with Crippen LogP contribution in [0.5, 0.6) is 0 Å². The molecule has 1 saturated carbocycles. The summed E-state index contributed by atoms with van der Waals surface area (Å²) < 4.78 is 1.89. The van der Waals surface area contributed by atoms with Gasteiger partial charge in [-0.25, -0.2) is 9.97 Å². The van der Waals surface area contributed by atoms with Crippen LogP contribution in [-0.2, 0) is 12.0 Å². The molecule has 146 valence electrons. The predicted molar refractivity (Wildman–Crippen MR) is 122 cm³/mol. The molecule has 0 atom stereocenters. The van der Waals surface area contributed by atoms with Crippen molar-refractivity contribution in [3.63, 3.8) is 0 Å². The van der Waals surface area contributed by atoms with Crippen LogP contribution in [0.15, 0.2) is 72.4 Å². The summed E-state index contributed by atoms with van der Waals surface area (Å²) in [4.78, 5) is 12.9. The molecule has 0 radical (unpaired) electrons. The number of nitrogens with one attached hydrogen (secondary N) is 2. The molecule has 4 rings (SSSR count). The van der Waals surface area contributed by atoms with Gasteiger partial charge < -0.3 is 10.6 Å². The van der Waals surface area contributed by atoms with Gasteiger partial charge in [0.15, 0.2) is 5.96 Å². The minimum absolute atomic E-state index is 0. The average molecular weight is 488 g/mol. The van der Waals surface area contributed by atoms with Crippen molar-refractivity contribution in [2.24, 2.45) is 4.99 Å². The monoisotopic (exact) mass is 488 g/mol. The van der Waals surface area contributed by atoms with Gasteiger partial charge in [-0.2, -0.15) is 0 Å². The molecule has 1 aromatic carbocycles. The van der Waals surface area contributed by atoms with E-state index < -0.39 is 0 Å². The minimum atomic E-state index is 0. The van der Waals surface area contributed by atoms with Crippen LogP contribution in [0.3, 0.4) is 0 Å². The lowest BCUT2D eigenvalue weighted by Gasteiger charge is -2.19. The van der Waals surface area contributed by atoms with Crippen molar-refractivity contribution in [2.45, 2.75) is 24.8 Å². The molecule has 0 aliphatic heterocycles. The van der Waals surface area contributed by atoms with Crippen LogP contribution in [0.25, 0.3) is 5.82 Å². The largest absolute Gasteiger partial charge is 0.356 e. The first kappa shape index (κ1) is 20.3. The van der Waals surface area contributed by atoms with E-state index in [-0.39, 0.29) is 29.4 Å². The summed E-state index contributed by atoms with van der Waals surface area (Å²) in [5, 5.41) is 6.85. The van der Waals surface area contributed by atoms with E-state index in [9.17, 15) is 0 Å². The van der Waals surface area contributed by atoms with Crippen LogP contribution < -0.4 is 10.6 Å². The molecule has 28 heavy (non-hydrogen) atoms. The fourth-order valence-electron chi connectivity index (χ4n) is 3.24. The highest BCUT2D eigenvalue weighted by Crippen LogP contribution is 2.47. The van der Waals surface area contributed by atoms with Gasteiger partial charge in [0.05, 0.1) is 0 Å². The Balaban J connectivity index is 0.00000225. The number of rotatable bonds is 6. The van der Waals surface area contributed by atoms with Crippen molar-refractivity contribution in [3.05, 3.63) is 78.5 Å². The minimum Gasteiger partial charge on any atom is -0.356 e. The molecule has 7 heteroatoms. The molecule has 0 saturated heterocycles. The highest BCUT2D eigenvalue weighted by atomic mass is 127. The number of pyridine rings is 1. The molecule has 1 aliphatic rings. The van der Waals surface area contributed by atoms with Crippen LogP contribution in [0.4, 0.5) is 0 Å². The molecule has 1 fully saturated rings. The summed E-state index contributed by atoms with van der Waals surface area (Å²) in [6.07, 6.45) is 9.69. The fourth-order valence-corrected chi connectivity index (χ4v) is 3.24. The van der Waals surface area contributed by atoms with Gasteiger partial charge in [-0.05, 0) is 30.0 Å². The maximum Gasteiger partial charge on any atom is 0.191 e. The van der Waals surface area contributed by atoms with Crippen molar-refractivity contribution in [3.8, 4) is 5.82 Å². The van der Waals surface area contributed by atoms with E-state index in [4.69, 9.17) is 0 Å². The Morgan fingerprint density at radius 1 is 1.14 bits per heavy atom. The van der Waals surface area contributed by atoms with E-state index in [0.717, 1.165) is 23.9 Å². The third kappa shape index (κ3) is 4.70. The number of aromatic nitrogens is 3. The molecule has 2 N–H and O–H groups in total. The molecular weight excluding hydrogens is 463 g/mol. The Bertz CT molecular complexity index is 886. The second-order valence-corrected chi connectivity index (χ2v) is 6.92. The first-order chi connectivity index (χ1) is 13.3. The zero-order chi connectivity index (χ0) is 18.5. The normalized spacial score (nSPS) is 14.8. The molecule has 2 aromatic heterocycles. The summed E-state index contributed by atoms with van der Waals surface area (Å²) in [6.45, 7) is 1.57. The second-order valence-electron chi connectivity index (χ2n) is 6.92. The lowest BCUT2D eigenvalue weighted by molar-refractivity contribution is 0.645. The Labute approximate surface area is 182 Å². The van der Waals surface area contributed by atoms with Gasteiger partial charge in [-0.1, -0.05) is 36.4 Å². The van der Waals surface area contributed by atoms with E-state index in [0.29, 0.717) is 6.54 Å². The zero-order valence-electron chi connectivity index (χ0n) is 15.9. The van der Waals surface area contributed by atoms with Crippen molar-refractivity contribution in [1.29, 1.82) is 0 Å². The second kappa shape index (κ2) is 9.18. The molecule has 3 aromatic rings. The van der Waals surface area contributed by atoms with Gasteiger partial charge in [0.25, 0.3) is 0 Å². The summed E-state index contributed by atoms with van der Waals surface area (Å²) in [6, 6.07) is 14.8. The van der Waals surface area contributed by atoms with Gasteiger partial charge in [-0.15, -0.1) is 24.0 Å². The summed E-state index contributed by atoms with van der Waals surface area (Å²) >= 11 is 0. The topological polar surface area (TPSA) is 67.1 Å². The Hall–Kier alpha value is -2.42. The zero-order valence-corrected chi connectivity index (χ0v) is 18.2. The summed E-state index contributed by atoms with van der Waals surface area (Å²) in [7, 11) is 1.80. The summed E-state index contributed by atoms with van der Waals surface area (Å²) in [5.74, 6) is 1.67. The average Bonchev–Trinajstić information content (AvgIpc) is 3.32. The summed E-state index contributed by atoms with van der Waals surface area (Å²) in [5.41, 5.74) is 2.77. The first-order valence-corrected chi connectivity index (χ1v) is 9.22. The van der Waals surface area contributed by atoms with E-state index in [1.165, 1.54) is 18.4 Å². The van der Waals surface area contributed by atoms with Crippen molar-refractivity contribution in [2.75, 3.05) is 13.6 Å². The molecule has 0 unspecified atom stereocenters. The number of nitrogens with zero attached hydrogens (tertiary/aromatic N) is 4. The molecular formula is C21H25IN6. The maximum absolute atomic E-state index is 4.48. The third-order valence-electron chi connectivity index (χ3n) is 5.10. The van der Waals surface area contributed by atoms with Gasteiger partial charge in [-0.3, -0.25) is 9.56 Å². The van der Waals surface area contributed by atoms with E-state index in [1.807, 2.05) is 23.0 Å². The van der Waals surface area contributed by atoms with E-state index in [1.54, 1.807) is 19.6 Å². The Morgan fingerprint density at radius 2 is 1.96 bits per heavy atom.